The lowest BCUT2D eigenvalue weighted by molar-refractivity contribution is -0.113. The van der Waals surface area contributed by atoms with E-state index in [-0.39, 0.29) is 5.91 Å². The average Bonchev–Trinajstić information content (AvgIpc) is 3.26. The highest BCUT2D eigenvalue weighted by Crippen LogP contribution is 2.38. The SMILES string of the molecule is COc1cc(C2C(C(=O)Nc3cccc(C)c3)=C(C)Nc3nnnn32)ccc1OCCC(C)C. The first kappa shape index (κ1) is 23.3. The van der Waals surface area contributed by atoms with Crippen molar-refractivity contribution in [1.29, 1.82) is 0 Å². The Balaban J connectivity index is 1.69. The van der Waals surface area contributed by atoms with Crippen LogP contribution in [0.15, 0.2) is 53.7 Å². The van der Waals surface area contributed by atoms with Gasteiger partial charge in [-0.1, -0.05) is 37.1 Å². The third-order valence-corrected chi connectivity index (χ3v) is 5.69. The Morgan fingerprint density at radius 1 is 1.18 bits per heavy atom. The van der Waals surface area contributed by atoms with Gasteiger partial charge in [-0.2, -0.15) is 4.68 Å². The van der Waals surface area contributed by atoms with Crippen LogP contribution in [-0.4, -0.2) is 39.8 Å². The van der Waals surface area contributed by atoms with Gasteiger partial charge in [0.1, 0.15) is 6.04 Å². The van der Waals surface area contributed by atoms with Crippen molar-refractivity contribution in [3.8, 4) is 11.5 Å². The molecule has 9 nitrogen and oxygen atoms in total. The second kappa shape index (κ2) is 9.94. The van der Waals surface area contributed by atoms with E-state index in [0.717, 1.165) is 23.2 Å². The number of ether oxygens (including phenoxy) is 2. The molecular formula is C25H30N6O3. The number of amides is 1. The maximum Gasteiger partial charge on any atom is 0.255 e. The van der Waals surface area contributed by atoms with Crippen molar-refractivity contribution in [3.63, 3.8) is 0 Å². The van der Waals surface area contributed by atoms with E-state index in [1.54, 1.807) is 11.8 Å². The number of hydrogen-bond acceptors (Lipinski definition) is 7. The summed E-state index contributed by atoms with van der Waals surface area (Å²) in [7, 11) is 1.60. The number of carbonyl (C=O) groups is 1. The molecule has 0 bridgehead atoms. The molecule has 9 heteroatoms. The van der Waals surface area contributed by atoms with Gasteiger partial charge in [-0.25, -0.2) is 0 Å². The Labute approximate surface area is 199 Å². The molecule has 0 saturated heterocycles. The summed E-state index contributed by atoms with van der Waals surface area (Å²) in [5.41, 5.74) is 3.77. The van der Waals surface area contributed by atoms with Crippen LogP contribution in [0, 0.1) is 12.8 Å². The molecule has 1 aliphatic heterocycles. The zero-order valence-corrected chi connectivity index (χ0v) is 20.1. The first-order valence-electron chi connectivity index (χ1n) is 11.3. The number of allylic oxidation sites excluding steroid dienone is 1. The summed E-state index contributed by atoms with van der Waals surface area (Å²) in [6, 6.07) is 12.8. The molecule has 0 saturated carbocycles. The number of anilines is 2. The van der Waals surface area contributed by atoms with Crippen molar-refractivity contribution >= 4 is 17.5 Å². The Bertz CT molecular complexity index is 1220. The monoisotopic (exact) mass is 462 g/mol. The summed E-state index contributed by atoms with van der Waals surface area (Å²) in [6.45, 7) is 8.73. The standard InChI is InChI=1S/C25H30N6O3/c1-15(2)11-12-34-20-10-9-18(14-21(20)33-5)23-22(17(4)26-25-28-29-30-31(23)25)24(32)27-19-8-6-7-16(3)13-19/h6-10,13-15,23H,11-12H2,1-5H3,(H,27,32)(H,26,28,30). The van der Waals surface area contributed by atoms with Crippen molar-refractivity contribution in [2.75, 3.05) is 24.4 Å². The molecule has 2 aromatic carbocycles. The number of rotatable bonds is 8. The number of carbonyl (C=O) groups excluding carboxylic acids is 1. The summed E-state index contributed by atoms with van der Waals surface area (Å²) in [6.07, 6.45) is 0.943. The predicted octanol–water partition coefficient (Wildman–Crippen LogP) is 4.34. The molecule has 1 atom stereocenters. The first-order valence-corrected chi connectivity index (χ1v) is 11.3. The van der Waals surface area contributed by atoms with Gasteiger partial charge >= 0.3 is 0 Å². The van der Waals surface area contributed by atoms with Crippen LogP contribution in [0.2, 0.25) is 0 Å². The van der Waals surface area contributed by atoms with Gasteiger partial charge < -0.3 is 20.1 Å². The molecule has 0 fully saturated rings. The van der Waals surface area contributed by atoms with Gasteiger partial charge in [0, 0.05) is 11.4 Å². The van der Waals surface area contributed by atoms with E-state index in [0.29, 0.717) is 41.2 Å². The second-order valence-corrected chi connectivity index (χ2v) is 8.78. The summed E-state index contributed by atoms with van der Waals surface area (Å²) in [5.74, 6) is 2.01. The number of nitrogens with zero attached hydrogens (tertiary/aromatic N) is 4. The largest absolute Gasteiger partial charge is 0.493 e. The van der Waals surface area contributed by atoms with Crippen molar-refractivity contribution in [1.82, 2.24) is 20.2 Å². The number of hydrogen-bond donors (Lipinski definition) is 2. The Kier molecular flexibility index (Phi) is 6.81. The van der Waals surface area contributed by atoms with Crippen LogP contribution in [0.3, 0.4) is 0 Å². The topological polar surface area (TPSA) is 103 Å². The zero-order valence-electron chi connectivity index (χ0n) is 20.1. The maximum absolute atomic E-state index is 13.5. The molecule has 178 valence electrons. The fraction of sp³-hybridized carbons (Fsp3) is 0.360. The number of aryl methyl sites for hydroxylation is 1. The highest BCUT2D eigenvalue weighted by atomic mass is 16.5. The molecule has 1 aromatic heterocycles. The van der Waals surface area contributed by atoms with Gasteiger partial charge in [0.05, 0.1) is 19.3 Å². The van der Waals surface area contributed by atoms with Crippen LogP contribution < -0.4 is 20.1 Å². The van der Waals surface area contributed by atoms with Crippen molar-refractivity contribution in [3.05, 3.63) is 64.9 Å². The van der Waals surface area contributed by atoms with E-state index in [1.165, 1.54) is 0 Å². The van der Waals surface area contributed by atoms with Crippen LogP contribution in [0.1, 0.15) is 44.4 Å². The molecule has 0 radical (unpaired) electrons. The van der Waals surface area contributed by atoms with Crippen molar-refractivity contribution in [2.45, 2.75) is 40.2 Å². The third kappa shape index (κ3) is 4.88. The number of benzene rings is 2. The summed E-state index contributed by atoms with van der Waals surface area (Å²) >= 11 is 0. The molecule has 0 aliphatic carbocycles. The van der Waals surface area contributed by atoms with Crippen LogP contribution in [0.5, 0.6) is 11.5 Å². The lowest BCUT2D eigenvalue weighted by Crippen LogP contribution is -2.31. The fourth-order valence-corrected chi connectivity index (χ4v) is 3.91. The minimum absolute atomic E-state index is 0.238. The van der Waals surface area contributed by atoms with E-state index < -0.39 is 6.04 Å². The number of methoxy groups -OCH3 is 1. The Morgan fingerprint density at radius 3 is 2.74 bits per heavy atom. The smallest absolute Gasteiger partial charge is 0.255 e. The molecule has 4 rings (SSSR count). The minimum atomic E-state index is -0.547. The van der Waals surface area contributed by atoms with E-state index in [2.05, 4.69) is 40.0 Å². The average molecular weight is 463 g/mol. The quantitative estimate of drug-likeness (QED) is 0.513. The third-order valence-electron chi connectivity index (χ3n) is 5.69. The molecule has 3 aromatic rings. The molecular weight excluding hydrogens is 432 g/mol. The van der Waals surface area contributed by atoms with Gasteiger partial charge in [0.15, 0.2) is 11.5 Å². The number of nitrogens with one attached hydrogen (secondary N) is 2. The van der Waals surface area contributed by atoms with Gasteiger partial charge in [0.2, 0.25) is 5.95 Å². The fourth-order valence-electron chi connectivity index (χ4n) is 3.91. The number of fused-ring (bicyclic) bond motifs is 1. The summed E-state index contributed by atoms with van der Waals surface area (Å²) in [4.78, 5) is 13.5. The highest BCUT2D eigenvalue weighted by molar-refractivity contribution is 6.06. The van der Waals surface area contributed by atoms with Crippen LogP contribution in [-0.2, 0) is 4.79 Å². The van der Waals surface area contributed by atoms with E-state index in [4.69, 9.17) is 9.47 Å². The molecule has 1 amide bonds. The number of tetrazole rings is 1. The van der Waals surface area contributed by atoms with Crippen LogP contribution in [0.25, 0.3) is 0 Å². The molecule has 1 unspecified atom stereocenters. The van der Waals surface area contributed by atoms with Gasteiger partial charge in [-0.05, 0) is 72.0 Å². The highest BCUT2D eigenvalue weighted by Gasteiger charge is 2.34. The number of aromatic nitrogens is 4. The van der Waals surface area contributed by atoms with E-state index in [9.17, 15) is 4.79 Å². The van der Waals surface area contributed by atoms with Crippen molar-refractivity contribution in [2.24, 2.45) is 5.92 Å². The second-order valence-electron chi connectivity index (χ2n) is 8.78. The summed E-state index contributed by atoms with van der Waals surface area (Å²) < 4.78 is 13.2. The van der Waals surface area contributed by atoms with E-state index in [1.807, 2.05) is 56.3 Å². The van der Waals surface area contributed by atoms with Crippen molar-refractivity contribution < 1.29 is 14.3 Å². The molecule has 2 N–H and O–H groups in total. The van der Waals surface area contributed by atoms with Gasteiger partial charge in [-0.3, -0.25) is 4.79 Å². The van der Waals surface area contributed by atoms with Gasteiger partial charge in [0.25, 0.3) is 5.91 Å². The molecule has 1 aliphatic rings. The lowest BCUT2D eigenvalue weighted by Gasteiger charge is -2.28. The summed E-state index contributed by atoms with van der Waals surface area (Å²) in [5, 5.41) is 18.2. The zero-order chi connectivity index (χ0) is 24.2. The lowest BCUT2D eigenvalue weighted by atomic mass is 9.94. The Morgan fingerprint density at radius 2 is 2.00 bits per heavy atom. The maximum atomic E-state index is 13.5. The van der Waals surface area contributed by atoms with E-state index >= 15 is 0 Å². The first-order chi connectivity index (χ1) is 16.4. The molecule has 34 heavy (non-hydrogen) atoms. The van der Waals surface area contributed by atoms with Crippen LogP contribution in [0.4, 0.5) is 11.6 Å². The minimum Gasteiger partial charge on any atom is -0.493 e. The van der Waals surface area contributed by atoms with Gasteiger partial charge in [-0.15, -0.1) is 0 Å². The predicted molar refractivity (Wildman–Crippen MR) is 130 cm³/mol. The van der Waals surface area contributed by atoms with Crippen LogP contribution >= 0.6 is 0 Å². The normalized spacial score (nSPS) is 15.1. The molecule has 0 spiro atoms. The molecule has 2 heterocycles. The Hall–Kier alpha value is -3.88.